The monoisotopic (exact) mass is 366 g/mol. The molecule has 2 aromatic rings. The summed E-state index contributed by atoms with van der Waals surface area (Å²) in [7, 11) is 0. The molecule has 0 aliphatic carbocycles. The van der Waals surface area contributed by atoms with Gasteiger partial charge in [0.05, 0.1) is 16.6 Å². The van der Waals surface area contributed by atoms with E-state index in [1.54, 1.807) is 24.3 Å². The first-order valence-corrected chi connectivity index (χ1v) is 8.60. The van der Waals surface area contributed by atoms with Crippen molar-refractivity contribution in [1.29, 1.82) is 0 Å². The number of nitrogens with zero attached hydrogens (tertiary/aromatic N) is 1. The molecule has 2 aromatic carbocycles. The zero-order valence-corrected chi connectivity index (χ0v) is 14.5. The molecule has 0 aromatic heterocycles. The van der Waals surface area contributed by atoms with E-state index >= 15 is 0 Å². The topological polar surface area (TPSA) is 60.4 Å². The third-order valence-corrected chi connectivity index (χ3v) is 4.81. The number of rotatable bonds is 4. The molecule has 1 amide bonds. The number of carboxylic acid groups (broad SMARTS) is 1. The number of hydrogen-bond acceptors (Lipinski definition) is 5. The molecule has 3 rings (SSSR count). The Hall–Kier alpha value is -2.70. The number of carbonyl (C=O) groups is 2. The van der Waals surface area contributed by atoms with Crippen molar-refractivity contribution in [2.75, 3.05) is 4.90 Å². The molecule has 1 aliphatic rings. The van der Waals surface area contributed by atoms with Gasteiger partial charge in [-0.1, -0.05) is 78.6 Å². The number of aromatic carboxylic acids is 1. The van der Waals surface area contributed by atoms with E-state index in [0.29, 0.717) is 14.9 Å². The van der Waals surface area contributed by atoms with Crippen LogP contribution in [0.1, 0.15) is 15.9 Å². The fourth-order valence-electron chi connectivity index (χ4n) is 2.26. The molecule has 0 unspecified atom stereocenters. The Morgan fingerprint density at radius 2 is 1.76 bits per heavy atom. The van der Waals surface area contributed by atoms with Crippen molar-refractivity contribution in [2.24, 2.45) is 0 Å². The lowest BCUT2D eigenvalue weighted by atomic mass is 10.2. The summed E-state index contributed by atoms with van der Waals surface area (Å²) in [6.45, 7) is 0. The summed E-state index contributed by atoms with van der Waals surface area (Å²) in [5.74, 6) is -1.49. The SMILES string of the molecule is O=C([O-])c1ccc(N2C(=O)/C(=C\C=C\c3ccccc3)SC2=S)cc1. The van der Waals surface area contributed by atoms with Gasteiger partial charge in [-0.3, -0.25) is 9.69 Å². The maximum atomic E-state index is 12.6. The van der Waals surface area contributed by atoms with Gasteiger partial charge in [-0.2, -0.15) is 0 Å². The van der Waals surface area contributed by atoms with Crippen molar-refractivity contribution in [1.82, 2.24) is 0 Å². The summed E-state index contributed by atoms with van der Waals surface area (Å²) < 4.78 is 0.408. The van der Waals surface area contributed by atoms with E-state index in [2.05, 4.69) is 0 Å². The van der Waals surface area contributed by atoms with Gasteiger partial charge >= 0.3 is 0 Å². The number of carbonyl (C=O) groups excluding carboxylic acids is 2. The van der Waals surface area contributed by atoms with Crippen LogP contribution in [0.15, 0.2) is 71.7 Å². The fraction of sp³-hybridized carbons (Fsp3) is 0. The molecule has 1 saturated heterocycles. The van der Waals surface area contributed by atoms with Gasteiger partial charge in [0.2, 0.25) is 0 Å². The Balaban J connectivity index is 1.79. The molecular weight excluding hydrogens is 354 g/mol. The summed E-state index contributed by atoms with van der Waals surface area (Å²) in [4.78, 5) is 25.3. The Morgan fingerprint density at radius 1 is 1.08 bits per heavy atom. The number of benzene rings is 2. The number of allylic oxidation sites excluding steroid dienone is 2. The minimum Gasteiger partial charge on any atom is -0.545 e. The van der Waals surface area contributed by atoms with Gasteiger partial charge in [-0.05, 0) is 29.3 Å². The molecule has 4 nitrogen and oxygen atoms in total. The van der Waals surface area contributed by atoms with Crippen LogP contribution >= 0.6 is 24.0 Å². The summed E-state index contributed by atoms with van der Waals surface area (Å²) in [5, 5.41) is 10.8. The van der Waals surface area contributed by atoms with Gasteiger partial charge in [-0.15, -0.1) is 0 Å². The van der Waals surface area contributed by atoms with Crippen LogP contribution in [0.3, 0.4) is 0 Å². The van der Waals surface area contributed by atoms with Crippen molar-refractivity contribution in [3.63, 3.8) is 0 Å². The molecule has 1 heterocycles. The van der Waals surface area contributed by atoms with Crippen LogP contribution in [0.2, 0.25) is 0 Å². The van der Waals surface area contributed by atoms with Crippen LogP contribution in [0.25, 0.3) is 6.08 Å². The zero-order chi connectivity index (χ0) is 17.8. The molecule has 0 atom stereocenters. The van der Waals surface area contributed by atoms with E-state index in [-0.39, 0.29) is 11.5 Å². The number of anilines is 1. The van der Waals surface area contributed by atoms with Crippen molar-refractivity contribution < 1.29 is 14.7 Å². The van der Waals surface area contributed by atoms with Crippen LogP contribution in [0, 0.1) is 0 Å². The van der Waals surface area contributed by atoms with Crippen molar-refractivity contribution in [2.45, 2.75) is 0 Å². The highest BCUT2D eigenvalue weighted by molar-refractivity contribution is 8.27. The molecule has 1 aliphatic heterocycles. The Morgan fingerprint density at radius 3 is 2.40 bits per heavy atom. The molecule has 0 saturated carbocycles. The first kappa shape index (κ1) is 17.1. The molecule has 0 spiro atoms. The quantitative estimate of drug-likeness (QED) is 0.615. The Bertz CT molecular complexity index is 887. The molecule has 0 radical (unpaired) electrons. The highest BCUT2D eigenvalue weighted by atomic mass is 32.2. The van der Waals surface area contributed by atoms with Crippen LogP contribution < -0.4 is 10.0 Å². The second-order valence-electron chi connectivity index (χ2n) is 5.14. The van der Waals surface area contributed by atoms with Crippen molar-refractivity contribution in [3.05, 3.63) is 82.8 Å². The average molecular weight is 366 g/mol. The lowest BCUT2D eigenvalue weighted by Gasteiger charge is -2.15. The van der Waals surface area contributed by atoms with Crippen LogP contribution in [0.5, 0.6) is 0 Å². The smallest absolute Gasteiger partial charge is 0.270 e. The second kappa shape index (κ2) is 7.46. The number of amides is 1. The minimum absolute atomic E-state index is 0.0514. The Kier molecular flexibility index (Phi) is 5.11. The highest BCUT2D eigenvalue weighted by Crippen LogP contribution is 2.34. The number of thioether (sulfide) groups is 1. The molecule has 0 bridgehead atoms. The summed E-state index contributed by atoms with van der Waals surface area (Å²) in [5.41, 5.74) is 1.62. The first-order chi connectivity index (χ1) is 12.1. The van der Waals surface area contributed by atoms with Gasteiger partial charge < -0.3 is 9.90 Å². The minimum atomic E-state index is -1.26. The lowest BCUT2D eigenvalue weighted by molar-refractivity contribution is -0.255. The highest BCUT2D eigenvalue weighted by Gasteiger charge is 2.32. The van der Waals surface area contributed by atoms with E-state index in [4.69, 9.17) is 12.2 Å². The number of thiocarbonyl (C=S) groups is 1. The maximum absolute atomic E-state index is 12.6. The molecule has 6 heteroatoms. The summed E-state index contributed by atoms with van der Waals surface area (Å²) in [6.07, 6.45) is 5.43. The fourth-order valence-corrected chi connectivity index (χ4v) is 3.51. The lowest BCUT2D eigenvalue weighted by Crippen LogP contribution is -2.28. The molecule has 0 N–H and O–H groups in total. The first-order valence-electron chi connectivity index (χ1n) is 7.37. The summed E-state index contributed by atoms with van der Waals surface area (Å²) >= 11 is 6.49. The predicted octanol–water partition coefficient (Wildman–Crippen LogP) is 3.01. The predicted molar refractivity (Wildman–Crippen MR) is 102 cm³/mol. The van der Waals surface area contributed by atoms with Gasteiger partial charge in [0, 0.05) is 0 Å². The van der Waals surface area contributed by atoms with Crippen LogP contribution in [-0.4, -0.2) is 16.2 Å². The maximum Gasteiger partial charge on any atom is 0.270 e. The van der Waals surface area contributed by atoms with E-state index in [0.717, 1.165) is 5.56 Å². The summed E-state index contributed by atoms with van der Waals surface area (Å²) in [6, 6.07) is 15.6. The van der Waals surface area contributed by atoms with E-state index in [1.807, 2.05) is 36.4 Å². The molecular formula is C19H12NO3S2-. The van der Waals surface area contributed by atoms with Gasteiger partial charge in [0.1, 0.15) is 0 Å². The average Bonchev–Trinajstić information content (AvgIpc) is 2.90. The molecule has 1 fully saturated rings. The molecule has 124 valence electrons. The van der Waals surface area contributed by atoms with Crippen molar-refractivity contribution >= 4 is 51.9 Å². The van der Waals surface area contributed by atoms with Crippen LogP contribution in [-0.2, 0) is 4.79 Å². The third-order valence-electron chi connectivity index (χ3n) is 3.49. The number of carboxylic acids is 1. The van der Waals surface area contributed by atoms with Crippen LogP contribution in [0.4, 0.5) is 5.69 Å². The third kappa shape index (κ3) is 3.87. The second-order valence-corrected chi connectivity index (χ2v) is 6.82. The standard InChI is InChI=1S/C19H13NO3S2/c21-17-16(8-4-7-13-5-2-1-3-6-13)25-19(24)20(17)15-11-9-14(10-12-15)18(22)23/h1-12H,(H,22,23)/p-1/b7-4+,16-8+. The zero-order valence-electron chi connectivity index (χ0n) is 12.9. The van der Waals surface area contributed by atoms with Crippen molar-refractivity contribution in [3.8, 4) is 0 Å². The van der Waals surface area contributed by atoms with E-state index in [9.17, 15) is 14.7 Å². The largest absolute Gasteiger partial charge is 0.545 e. The van der Waals surface area contributed by atoms with E-state index in [1.165, 1.54) is 28.8 Å². The van der Waals surface area contributed by atoms with E-state index < -0.39 is 5.97 Å². The number of hydrogen-bond donors (Lipinski definition) is 0. The Labute approximate surface area is 154 Å². The van der Waals surface area contributed by atoms with Gasteiger partial charge in [0.25, 0.3) is 5.91 Å². The molecule has 25 heavy (non-hydrogen) atoms. The van der Waals surface area contributed by atoms with Gasteiger partial charge in [0.15, 0.2) is 4.32 Å². The normalized spacial score (nSPS) is 16.2. The van der Waals surface area contributed by atoms with Gasteiger partial charge in [-0.25, -0.2) is 0 Å².